The highest BCUT2D eigenvalue weighted by Gasteiger charge is 2.14. The van der Waals surface area contributed by atoms with Gasteiger partial charge in [0.15, 0.2) is 24.0 Å². The van der Waals surface area contributed by atoms with Crippen LogP contribution in [0.1, 0.15) is 21.5 Å². The van der Waals surface area contributed by atoms with E-state index < -0.39 is 46.6 Å². The van der Waals surface area contributed by atoms with E-state index in [9.17, 15) is 26.8 Å². The number of benzene rings is 2. The van der Waals surface area contributed by atoms with Crippen molar-refractivity contribution in [3.63, 3.8) is 0 Å². The van der Waals surface area contributed by atoms with Gasteiger partial charge in [-0.15, -0.1) is 0 Å². The van der Waals surface area contributed by atoms with Crippen LogP contribution in [0.25, 0.3) is 6.08 Å². The van der Waals surface area contributed by atoms with Gasteiger partial charge in [0.2, 0.25) is 10.0 Å². The molecule has 0 amide bonds. The van der Waals surface area contributed by atoms with E-state index in [1.807, 2.05) is 23.8 Å². The number of esters is 1. The quantitative estimate of drug-likeness (QED) is 0.535. The number of hydrogen-bond donors (Lipinski definition) is 1. The van der Waals surface area contributed by atoms with E-state index >= 15 is 0 Å². The van der Waals surface area contributed by atoms with Gasteiger partial charge < -0.3 is 4.74 Å². The molecule has 0 unspecified atom stereocenters. The van der Waals surface area contributed by atoms with Crippen LogP contribution >= 0.6 is 0 Å². The predicted molar refractivity (Wildman–Crippen MR) is 98.8 cm³/mol. The van der Waals surface area contributed by atoms with Crippen molar-refractivity contribution in [2.75, 3.05) is 13.2 Å². The topological polar surface area (TPSA) is 89.5 Å². The number of carbonyl (C=O) groups excluding carboxylic acids is 2. The molecule has 148 valence electrons. The molecule has 28 heavy (non-hydrogen) atoms. The number of carbonyl (C=O) groups is 2. The van der Waals surface area contributed by atoms with Crippen LogP contribution in [-0.2, 0) is 19.6 Å². The van der Waals surface area contributed by atoms with E-state index in [4.69, 9.17) is 0 Å². The number of rotatable bonds is 8. The van der Waals surface area contributed by atoms with Crippen LogP contribution < -0.4 is 4.72 Å². The van der Waals surface area contributed by atoms with Gasteiger partial charge in [0, 0.05) is 11.0 Å². The molecule has 9 heteroatoms. The van der Waals surface area contributed by atoms with Gasteiger partial charge in [-0.05, 0) is 36.8 Å². The minimum Gasteiger partial charge on any atom is -0.456 e. The SMILES string of the molecule is Cc1ccc(C=CS(=O)(=O)NCC(=O)OCC(=O)c2ccc(F)c(F)c2)cc1. The number of ketones is 1. The zero-order valence-corrected chi connectivity index (χ0v) is 15.6. The summed E-state index contributed by atoms with van der Waals surface area (Å²) in [5.74, 6) is -4.07. The van der Waals surface area contributed by atoms with Crippen LogP contribution in [0.2, 0.25) is 0 Å². The zero-order valence-electron chi connectivity index (χ0n) is 14.8. The van der Waals surface area contributed by atoms with Gasteiger partial charge in [-0.2, -0.15) is 0 Å². The van der Waals surface area contributed by atoms with E-state index in [0.717, 1.165) is 23.1 Å². The molecule has 0 spiro atoms. The van der Waals surface area contributed by atoms with E-state index in [1.165, 1.54) is 6.08 Å². The molecule has 0 saturated heterocycles. The molecule has 0 saturated carbocycles. The molecule has 0 bridgehead atoms. The van der Waals surface area contributed by atoms with Gasteiger partial charge >= 0.3 is 5.97 Å². The monoisotopic (exact) mass is 409 g/mol. The van der Waals surface area contributed by atoms with Crippen LogP contribution in [0.5, 0.6) is 0 Å². The second kappa shape index (κ2) is 9.34. The Balaban J connectivity index is 1.83. The van der Waals surface area contributed by atoms with Crippen molar-refractivity contribution in [1.82, 2.24) is 4.72 Å². The molecule has 0 fully saturated rings. The van der Waals surface area contributed by atoms with Gasteiger partial charge in [0.05, 0.1) is 0 Å². The number of ether oxygens (including phenoxy) is 1. The first-order valence-corrected chi connectivity index (χ1v) is 9.59. The summed E-state index contributed by atoms with van der Waals surface area (Å²) >= 11 is 0. The van der Waals surface area contributed by atoms with E-state index in [1.54, 1.807) is 12.1 Å². The van der Waals surface area contributed by atoms with Crippen molar-refractivity contribution in [2.45, 2.75) is 6.92 Å². The second-order valence-electron chi connectivity index (χ2n) is 5.79. The van der Waals surface area contributed by atoms with E-state index in [-0.39, 0.29) is 5.56 Å². The minimum atomic E-state index is -3.89. The van der Waals surface area contributed by atoms with Gasteiger partial charge in [-0.25, -0.2) is 21.9 Å². The summed E-state index contributed by atoms with van der Waals surface area (Å²) in [5.41, 5.74) is 1.52. The average Bonchev–Trinajstić information content (AvgIpc) is 2.66. The van der Waals surface area contributed by atoms with Crippen LogP contribution in [0.4, 0.5) is 8.78 Å². The molecule has 6 nitrogen and oxygen atoms in total. The summed E-state index contributed by atoms with van der Waals surface area (Å²) in [4.78, 5) is 23.4. The molecule has 2 aromatic rings. The predicted octanol–water partition coefficient (Wildman–Crippen LogP) is 2.59. The fraction of sp³-hybridized carbons (Fsp3) is 0.158. The molecule has 0 aliphatic heterocycles. The lowest BCUT2D eigenvalue weighted by Crippen LogP contribution is -2.30. The first-order chi connectivity index (χ1) is 13.2. The van der Waals surface area contributed by atoms with Gasteiger partial charge in [-0.3, -0.25) is 9.59 Å². The minimum absolute atomic E-state index is 0.173. The summed E-state index contributed by atoms with van der Waals surface area (Å²) < 4.78 is 56.3. The van der Waals surface area contributed by atoms with Crippen molar-refractivity contribution >= 4 is 27.9 Å². The Morgan fingerprint density at radius 1 is 1.07 bits per heavy atom. The van der Waals surface area contributed by atoms with E-state index in [0.29, 0.717) is 11.6 Å². The van der Waals surface area contributed by atoms with Crippen molar-refractivity contribution in [3.8, 4) is 0 Å². The smallest absolute Gasteiger partial charge is 0.321 e. The molecule has 1 N–H and O–H groups in total. The standard InChI is InChI=1S/C19H17F2NO5S/c1-13-2-4-14(5-3-13)8-9-28(25,26)22-11-19(24)27-12-18(23)15-6-7-16(20)17(21)10-15/h2-10,22H,11-12H2,1H3. The van der Waals surface area contributed by atoms with Crippen molar-refractivity contribution < 1.29 is 31.5 Å². The van der Waals surface area contributed by atoms with Crippen LogP contribution in [0.15, 0.2) is 47.9 Å². The lowest BCUT2D eigenvalue weighted by molar-refractivity contribution is -0.141. The summed E-state index contributed by atoms with van der Waals surface area (Å²) in [7, 11) is -3.89. The summed E-state index contributed by atoms with van der Waals surface area (Å²) in [6.45, 7) is 0.477. The molecule has 0 aromatic heterocycles. The molecule has 0 heterocycles. The molecule has 0 aliphatic carbocycles. The van der Waals surface area contributed by atoms with Crippen molar-refractivity contribution in [3.05, 3.63) is 76.2 Å². The van der Waals surface area contributed by atoms with Crippen LogP contribution in [-0.4, -0.2) is 33.3 Å². The highest BCUT2D eigenvalue weighted by atomic mass is 32.2. The molecule has 2 aromatic carbocycles. The molecule has 0 atom stereocenters. The Hall–Kier alpha value is -2.91. The Kier molecular flexibility index (Phi) is 7.13. The number of Topliss-reactive ketones (excluding diaryl/α,β-unsaturated/α-hetero) is 1. The largest absolute Gasteiger partial charge is 0.456 e. The zero-order chi connectivity index (χ0) is 20.7. The molecular formula is C19H17F2NO5S. The number of hydrogen-bond acceptors (Lipinski definition) is 5. The maximum atomic E-state index is 13.1. The van der Waals surface area contributed by atoms with Gasteiger partial charge in [-0.1, -0.05) is 29.8 Å². The lowest BCUT2D eigenvalue weighted by Gasteiger charge is -2.05. The molecule has 0 radical (unpaired) electrons. The summed E-state index contributed by atoms with van der Waals surface area (Å²) in [6.07, 6.45) is 1.36. The fourth-order valence-corrected chi connectivity index (χ4v) is 2.75. The average molecular weight is 409 g/mol. The first kappa shape index (κ1) is 21.4. The number of sulfonamides is 1. The summed E-state index contributed by atoms with van der Waals surface area (Å²) in [6, 6.07) is 9.62. The van der Waals surface area contributed by atoms with Crippen molar-refractivity contribution in [1.29, 1.82) is 0 Å². The molecule has 0 aliphatic rings. The summed E-state index contributed by atoms with van der Waals surface area (Å²) in [5, 5.41) is 0.900. The van der Waals surface area contributed by atoms with Gasteiger partial charge in [0.1, 0.15) is 6.54 Å². The van der Waals surface area contributed by atoms with Gasteiger partial charge in [0.25, 0.3) is 0 Å². The third-order valence-corrected chi connectivity index (χ3v) is 4.58. The normalized spacial score (nSPS) is 11.5. The van der Waals surface area contributed by atoms with Crippen LogP contribution in [0, 0.1) is 18.6 Å². The molecule has 2 rings (SSSR count). The Morgan fingerprint density at radius 3 is 2.39 bits per heavy atom. The van der Waals surface area contributed by atoms with Crippen molar-refractivity contribution in [2.24, 2.45) is 0 Å². The third-order valence-electron chi connectivity index (χ3n) is 3.54. The first-order valence-electron chi connectivity index (χ1n) is 8.04. The fourth-order valence-electron chi connectivity index (χ4n) is 2.00. The maximum absolute atomic E-state index is 13.1. The maximum Gasteiger partial charge on any atom is 0.321 e. The van der Waals surface area contributed by atoms with Crippen LogP contribution in [0.3, 0.4) is 0 Å². The number of halogens is 2. The number of nitrogens with one attached hydrogen (secondary N) is 1. The highest BCUT2D eigenvalue weighted by molar-refractivity contribution is 7.92. The Labute approximate surface area is 160 Å². The van der Waals surface area contributed by atoms with E-state index in [2.05, 4.69) is 4.74 Å². The highest BCUT2D eigenvalue weighted by Crippen LogP contribution is 2.09. The number of aryl methyl sites for hydroxylation is 1. The third kappa shape index (κ3) is 6.67. The lowest BCUT2D eigenvalue weighted by atomic mass is 10.1. The Bertz CT molecular complexity index is 1000. The Morgan fingerprint density at radius 2 is 1.75 bits per heavy atom. The molecular weight excluding hydrogens is 392 g/mol. The second-order valence-corrected chi connectivity index (χ2v) is 7.44.